The first-order chi connectivity index (χ1) is 5.13. The summed E-state index contributed by atoms with van der Waals surface area (Å²) in [5.74, 6) is -1.11. The van der Waals surface area contributed by atoms with E-state index < -0.39 is 5.79 Å². The van der Waals surface area contributed by atoms with E-state index in [2.05, 4.69) is 0 Å². The number of aliphatic hydroxyl groups is 1. The lowest BCUT2D eigenvalue weighted by molar-refractivity contribution is -0.259. The van der Waals surface area contributed by atoms with Crippen molar-refractivity contribution in [1.29, 1.82) is 0 Å². The van der Waals surface area contributed by atoms with Gasteiger partial charge in [0.05, 0.1) is 6.61 Å². The highest BCUT2D eigenvalue weighted by molar-refractivity contribution is 4.70. The Kier molecular flexibility index (Phi) is 2.87. The van der Waals surface area contributed by atoms with Crippen LogP contribution in [-0.4, -0.2) is 30.2 Å². The minimum Gasteiger partial charge on any atom is -0.373 e. The normalized spacial score (nSPS) is 41.2. The van der Waals surface area contributed by atoms with Crippen LogP contribution in [0, 0.1) is 0 Å². The van der Waals surface area contributed by atoms with E-state index >= 15 is 0 Å². The molecule has 0 bridgehead atoms. The lowest BCUT2D eigenvalue weighted by Crippen LogP contribution is -2.43. The largest absolute Gasteiger partial charge is 0.373 e. The molecule has 11 heavy (non-hydrogen) atoms. The van der Waals surface area contributed by atoms with Gasteiger partial charge in [0.1, 0.15) is 6.10 Å². The molecular formula is C8H16O3. The van der Waals surface area contributed by atoms with Crippen molar-refractivity contribution < 1.29 is 14.6 Å². The van der Waals surface area contributed by atoms with Crippen LogP contribution in [0.15, 0.2) is 0 Å². The summed E-state index contributed by atoms with van der Waals surface area (Å²) in [4.78, 5) is 0. The van der Waals surface area contributed by atoms with Gasteiger partial charge >= 0.3 is 0 Å². The van der Waals surface area contributed by atoms with Crippen LogP contribution < -0.4 is 0 Å². The summed E-state index contributed by atoms with van der Waals surface area (Å²) in [5.41, 5.74) is 0. The third-order valence-corrected chi connectivity index (χ3v) is 2.06. The van der Waals surface area contributed by atoms with Crippen LogP contribution in [0.3, 0.4) is 0 Å². The lowest BCUT2D eigenvalue weighted by Gasteiger charge is -2.32. The zero-order valence-electron chi connectivity index (χ0n) is 7.17. The standard InChI is InChI=1S/C8H16O3/c1-7-8(2,9)11-6-4-3-5-10-7/h7,9H,3-6H2,1-2H3. The molecule has 1 heterocycles. The second-order valence-corrected chi connectivity index (χ2v) is 3.12. The van der Waals surface area contributed by atoms with E-state index in [0.29, 0.717) is 6.61 Å². The molecule has 1 aliphatic heterocycles. The third-order valence-electron chi connectivity index (χ3n) is 2.06. The van der Waals surface area contributed by atoms with Crippen molar-refractivity contribution in [3.8, 4) is 0 Å². The van der Waals surface area contributed by atoms with E-state index in [1.807, 2.05) is 6.92 Å². The Hall–Kier alpha value is -0.120. The first kappa shape index (κ1) is 8.97. The van der Waals surface area contributed by atoms with Crippen molar-refractivity contribution in [2.45, 2.75) is 38.6 Å². The molecule has 1 saturated heterocycles. The summed E-state index contributed by atoms with van der Waals surface area (Å²) in [7, 11) is 0. The zero-order chi connectivity index (χ0) is 8.32. The molecule has 0 radical (unpaired) electrons. The molecule has 0 amide bonds. The molecule has 1 N–H and O–H groups in total. The Morgan fingerprint density at radius 3 is 2.73 bits per heavy atom. The summed E-state index contributed by atoms with van der Waals surface area (Å²) in [5, 5.41) is 9.60. The predicted molar refractivity (Wildman–Crippen MR) is 41.2 cm³/mol. The van der Waals surface area contributed by atoms with Crippen molar-refractivity contribution >= 4 is 0 Å². The van der Waals surface area contributed by atoms with E-state index in [4.69, 9.17) is 9.47 Å². The highest BCUT2D eigenvalue weighted by Gasteiger charge is 2.30. The maximum absolute atomic E-state index is 9.60. The van der Waals surface area contributed by atoms with Gasteiger partial charge in [-0.15, -0.1) is 0 Å². The highest BCUT2D eigenvalue weighted by atomic mass is 16.7. The molecule has 1 aliphatic rings. The van der Waals surface area contributed by atoms with E-state index in [-0.39, 0.29) is 6.10 Å². The van der Waals surface area contributed by atoms with E-state index in [9.17, 15) is 5.11 Å². The molecule has 3 heteroatoms. The van der Waals surface area contributed by atoms with Gasteiger partial charge in [0.2, 0.25) is 0 Å². The second-order valence-electron chi connectivity index (χ2n) is 3.12. The van der Waals surface area contributed by atoms with E-state index in [1.165, 1.54) is 0 Å². The fourth-order valence-electron chi connectivity index (χ4n) is 1.02. The summed E-state index contributed by atoms with van der Waals surface area (Å²) in [6.07, 6.45) is 1.74. The molecule has 3 nitrogen and oxygen atoms in total. The van der Waals surface area contributed by atoms with Crippen LogP contribution >= 0.6 is 0 Å². The molecular weight excluding hydrogens is 144 g/mol. The first-order valence-corrected chi connectivity index (χ1v) is 4.11. The lowest BCUT2D eigenvalue weighted by atomic mass is 10.2. The molecule has 1 fully saturated rings. The molecule has 0 aromatic rings. The van der Waals surface area contributed by atoms with Gasteiger partial charge < -0.3 is 14.6 Å². The van der Waals surface area contributed by atoms with Crippen LogP contribution in [0.1, 0.15) is 26.7 Å². The Labute approximate surface area is 67.3 Å². The monoisotopic (exact) mass is 160 g/mol. The topological polar surface area (TPSA) is 38.7 Å². The van der Waals surface area contributed by atoms with Crippen molar-refractivity contribution in [3.05, 3.63) is 0 Å². The minimum atomic E-state index is -1.11. The fourth-order valence-corrected chi connectivity index (χ4v) is 1.02. The van der Waals surface area contributed by atoms with Gasteiger partial charge in [-0.1, -0.05) is 0 Å². The van der Waals surface area contributed by atoms with Gasteiger partial charge in [-0.25, -0.2) is 0 Å². The summed E-state index contributed by atoms with van der Waals surface area (Å²) < 4.78 is 10.5. The molecule has 66 valence electrons. The molecule has 1 rings (SSSR count). The Morgan fingerprint density at radius 1 is 1.36 bits per heavy atom. The van der Waals surface area contributed by atoms with Crippen LogP contribution in [0.2, 0.25) is 0 Å². The van der Waals surface area contributed by atoms with E-state index in [1.54, 1.807) is 6.92 Å². The van der Waals surface area contributed by atoms with Crippen molar-refractivity contribution in [3.63, 3.8) is 0 Å². The van der Waals surface area contributed by atoms with Crippen molar-refractivity contribution in [2.75, 3.05) is 13.2 Å². The van der Waals surface area contributed by atoms with Crippen molar-refractivity contribution in [2.24, 2.45) is 0 Å². The molecule has 2 atom stereocenters. The number of hydrogen-bond donors (Lipinski definition) is 1. The van der Waals surface area contributed by atoms with Gasteiger partial charge in [0.25, 0.3) is 0 Å². The second kappa shape index (κ2) is 3.52. The Bertz CT molecular complexity index is 123. The van der Waals surface area contributed by atoms with E-state index in [0.717, 1.165) is 19.4 Å². The maximum atomic E-state index is 9.60. The quantitative estimate of drug-likeness (QED) is 0.572. The summed E-state index contributed by atoms with van der Waals surface area (Å²) in [6, 6.07) is 0. The third kappa shape index (κ3) is 2.43. The SMILES string of the molecule is CC1OCCCCOC1(C)O. The molecule has 0 aliphatic carbocycles. The Morgan fingerprint density at radius 2 is 2.00 bits per heavy atom. The van der Waals surface area contributed by atoms with Gasteiger partial charge in [-0.05, 0) is 26.7 Å². The van der Waals surface area contributed by atoms with Crippen LogP contribution in [0.25, 0.3) is 0 Å². The fraction of sp³-hybridized carbons (Fsp3) is 1.00. The van der Waals surface area contributed by atoms with Gasteiger partial charge in [0.15, 0.2) is 5.79 Å². The summed E-state index contributed by atoms with van der Waals surface area (Å²) in [6.45, 7) is 4.82. The van der Waals surface area contributed by atoms with Crippen LogP contribution in [0.5, 0.6) is 0 Å². The number of rotatable bonds is 0. The average molecular weight is 160 g/mol. The van der Waals surface area contributed by atoms with Gasteiger partial charge in [-0.3, -0.25) is 0 Å². The number of ether oxygens (including phenoxy) is 2. The average Bonchev–Trinajstić information content (AvgIpc) is 1.93. The molecule has 2 unspecified atom stereocenters. The minimum absolute atomic E-state index is 0.234. The zero-order valence-corrected chi connectivity index (χ0v) is 7.17. The number of hydrogen-bond acceptors (Lipinski definition) is 3. The smallest absolute Gasteiger partial charge is 0.188 e. The molecule has 0 aromatic heterocycles. The Balaban J connectivity index is 2.47. The predicted octanol–water partition coefficient (Wildman–Crippen LogP) is 0.910. The van der Waals surface area contributed by atoms with Gasteiger partial charge in [0, 0.05) is 6.61 Å². The van der Waals surface area contributed by atoms with Crippen molar-refractivity contribution in [1.82, 2.24) is 0 Å². The van der Waals surface area contributed by atoms with Gasteiger partial charge in [-0.2, -0.15) is 0 Å². The first-order valence-electron chi connectivity index (χ1n) is 4.11. The maximum Gasteiger partial charge on any atom is 0.188 e. The van der Waals surface area contributed by atoms with Crippen LogP contribution in [0.4, 0.5) is 0 Å². The van der Waals surface area contributed by atoms with Crippen LogP contribution in [-0.2, 0) is 9.47 Å². The molecule has 0 spiro atoms. The summed E-state index contributed by atoms with van der Waals surface area (Å²) >= 11 is 0. The molecule has 0 saturated carbocycles. The molecule has 0 aromatic carbocycles. The highest BCUT2D eigenvalue weighted by Crippen LogP contribution is 2.18.